The number of aliphatic imine (C=N–C) groups is 1. The molecule has 6 nitrogen and oxygen atoms in total. The molecule has 0 aromatic carbocycles. The molecule has 0 amide bonds. The molecule has 0 spiro atoms. The zero-order valence-electron chi connectivity index (χ0n) is 17.4. The van der Waals surface area contributed by atoms with Crippen LogP contribution in [-0.2, 0) is 17.7 Å². The Bertz CT molecular complexity index is 755. The molecular weight excluding hydrogens is 497 g/mol. The molecular formula is C21H32IN5OS. The molecule has 2 atom stereocenters. The molecule has 29 heavy (non-hydrogen) atoms. The zero-order chi connectivity index (χ0) is 19.8. The number of morpholine rings is 1. The third kappa shape index (κ3) is 7.75. The third-order valence-electron chi connectivity index (χ3n) is 4.81. The lowest BCUT2D eigenvalue weighted by Gasteiger charge is -2.32. The summed E-state index contributed by atoms with van der Waals surface area (Å²) in [7, 11) is 1.81. The van der Waals surface area contributed by atoms with Gasteiger partial charge in [-0.05, 0) is 48.4 Å². The lowest BCUT2D eigenvalue weighted by atomic mass is 10.1. The van der Waals surface area contributed by atoms with Gasteiger partial charge in [-0.1, -0.05) is 13.0 Å². The predicted molar refractivity (Wildman–Crippen MR) is 133 cm³/mol. The van der Waals surface area contributed by atoms with Crippen molar-refractivity contribution >= 4 is 47.1 Å². The van der Waals surface area contributed by atoms with Gasteiger partial charge in [0.15, 0.2) is 5.96 Å². The number of hydrogen-bond donors (Lipinski definition) is 2. The van der Waals surface area contributed by atoms with Crippen LogP contribution in [0.4, 0.5) is 5.82 Å². The van der Waals surface area contributed by atoms with Gasteiger partial charge in [0, 0.05) is 44.3 Å². The van der Waals surface area contributed by atoms with Crippen molar-refractivity contribution in [1.82, 2.24) is 15.6 Å². The Morgan fingerprint density at radius 1 is 1.41 bits per heavy atom. The number of thiophene rings is 1. The molecule has 2 N–H and O–H groups in total. The van der Waals surface area contributed by atoms with E-state index in [9.17, 15) is 0 Å². The summed E-state index contributed by atoms with van der Waals surface area (Å²) in [5, 5.41) is 8.98. The first-order valence-corrected chi connectivity index (χ1v) is 10.8. The number of hydrogen-bond acceptors (Lipinski definition) is 5. The molecule has 0 saturated carbocycles. The fraction of sp³-hybridized carbons (Fsp3) is 0.524. The number of anilines is 1. The fourth-order valence-electron chi connectivity index (χ4n) is 3.29. The minimum Gasteiger partial charge on any atom is -0.375 e. The Morgan fingerprint density at radius 3 is 3.00 bits per heavy atom. The summed E-state index contributed by atoms with van der Waals surface area (Å²) in [6.45, 7) is 8.50. The Morgan fingerprint density at radius 2 is 2.28 bits per heavy atom. The van der Waals surface area contributed by atoms with Crippen LogP contribution >= 0.6 is 35.3 Å². The molecule has 0 aliphatic carbocycles. The summed E-state index contributed by atoms with van der Waals surface area (Å²) in [5.41, 5.74) is 1.19. The van der Waals surface area contributed by atoms with E-state index in [1.807, 2.05) is 30.6 Å². The zero-order valence-corrected chi connectivity index (χ0v) is 20.6. The highest BCUT2D eigenvalue weighted by molar-refractivity contribution is 14.0. The summed E-state index contributed by atoms with van der Waals surface area (Å²) < 4.78 is 5.63. The average Bonchev–Trinajstić information content (AvgIpc) is 3.21. The average molecular weight is 529 g/mol. The second-order valence-electron chi connectivity index (χ2n) is 7.35. The van der Waals surface area contributed by atoms with Gasteiger partial charge in [0.2, 0.25) is 0 Å². The van der Waals surface area contributed by atoms with Gasteiger partial charge in [-0.25, -0.2) is 4.98 Å². The molecule has 0 radical (unpaired) electrons. The summed E-state index contributed by atoms with van der Waals surface area (Å²) in [4.78, 5) is 12.6. The monoisotopic (exact) mass is 529 g/mol. The van der Waals surface area contributed by atoms with E-state index >= 15 is 0 Å². The van der Waals surface area contributed by atoms with Crippen LogP contribution in [0.5, 0.6) is 0 Å². The molecule has 160 valence electrons. The maximum Gasteiger partial charge on any atom is 0.191 e. The second-order valence-corrected chi connectivity index (χ2v) is 8.38. The molecule has 1 saturated heterocycles. The lowest BCUT2D eigenvalue weighted by Crippen LogP contribution is -2.41. The Hall–Kier alpha value is -1.39. The normalized spacial score (nSPS) is 18.1. The number of nitrogens with one attached hydrogen (secondary N) is 2. The van der Waals surface area contributed by atoms with E-state index in [-0.39, 0.29) is 30.1 Å². The SMILES string of the molecule is CN=C(NCc1ccnc(N2CCOC(C)C2)c1)NCC(C)Cc1cccs1.I. The Kier molecular flexibility index (Phi) is 10.2. The van der Waals surface area contributed by atoms with Gasteiger partial charge < -0.3 is 20.3 Å². The number of pyridine rings is 1. The number of rotatable bonds is 7. The van der Waals surface area contributed by atoms with Crippen LogP contribution in [-0.4, -0.2) is 50.3 Å². The molecule has 2 aromatic rings. The van der Waals surface area contributed by atoms with Gasteiger partial charge in [-0.3, -0.25) is 4.99 Å². The van der Waals surface area contributed by atoms with Crippen LogP contribution in [0.3, 0.4) is 0 Å². The molecule has 1 aliphatic heterocycles. The smallest absolute Gasteiger partial charge is 0.191 e. The van der Waals surface area contributed by atoms with Gasteiger partial charge in [0.25, 0.3) is 0 Å². The first kappa shape index (κ1) is 23.9. The quantitative estimate of drug-likeness (QED) is 0.327. The van der Waals surface area contributed by atoms with Gasteiger partial charge >= 0.3 is 0 Å². The van der Waals surface area contributed by atoms with Crippen molar-refractivity contribution in [3.8, 4) is 0 Å². The minimum absolute atomic E-state index is 0. The molecule has 2 aromatic heterocycles. The number of aromatic nitrogens is 1. The number of guanidine groups is 1. The van der Waals surface area contributed by atoms with E-state index in [1.165, 1.54) is 10.4 Å². The number of halogens is 1. The highest BCUT2D eigenvalue weighted by Gasteiger charge is 2.18. The summed E-state index contributed by atoms with van der Waals surface area (Å²) in [6.07, 6.45) is 3.22. The van der Waals surface area contributed by atoms with Gasteiger partial charge in [0.1, 0.15) is 5.82 Å². The Balaban J connectivity index is 0.00000300. The van der Waals surface area contributed by atoms with Crippen molar-refractivity contribution in [3.63, 3.8) is 0 Å². The van der Waals surface area contributed by atoms with Crippen LogP contribution < -0.4 is 15.5 Å². The van der Waals surface area contributed by atoms with Crippen molar-refractivity contribution in [3.05, 3.63) is 46.3 Å². The summed E-state index contributed by atoms with van der Waals surface area (Å²) >= 11 is 1.82. The molecule has 8 heteroatoms. The molecule has 3 rings (SSSR count). The van der Waals surface area contributed by atoms with Crippen molar-refractivity contribution in [1.29, 1.82) is 0 Å². The predicted octanol–water partition coefficient (Wildman–Crippen LogP) is 3.53. The minimum atomic E-state index is 0. The van der Waals surface area contributed by atoms with Crippen molar-refractivity contribution in [2.75, 3.05) is 38.2 Å². The molecule has 0 bridgehead atoms. The van der Waals surface area contributed by atoms with Crippen LogP contribution in [0.1, 0.15) is 24.3 Å². The third-order valence-corrected chi connectivity index (χ3v) is 5.70. The van der Waals surface area contributed by atoms with E-state index in [0.29, 0.717) is 12.5 Å². The van der Waals surface area contributed by atoms with E-state index in [1.54, 1.807) is 0 Å². The molecule has 1 fully saturated rings. The maximum atomic E-state index is 5.63. The van der Waals surface area contributed by atoms with Crippen LogP contribution in [0.25, 0.3) is 0 Å². The fourth-order valence-corrected chi connectivity index (χ4v) is 4.16. The maximum absolute atomic E-state index is 5.63. The second kappa shape index (κ2) is 12.3. The largest absolute Gasteiger partial charge is 0.375 e. The molecule has 3 heterocycles. The van der Waals surface area contributed by atoms with Gasteiger partial charge in [0.05, 0.1) is 12.7 Å². The van der Waals surface area contributed by atoms with Gasteiger partial charge in [-0.15, -0.1) is 35.3 Å². The van der Waals surface area contributed by atoms with E-state index in [0.717, 1.165) is 44.4 Å². The van der Waals surface area contributed by atoms with Crippen LogP contribution in [0.2, 0.25) is 0 Å². The molecule has 2 unspecified atom stereocenters. The van der Waals surface area contributed by atoms with Gasteiger partial charge in [-0.2, -0.15) is 0 Å². The highest BCUT2D eigenvalue weighted by Crippen LogP contribution is 2.16. The Labute approximate surface area is 195 Å². The highest BCUT2D eigenvalue weighted by atomic mass is 127. The van der Waals surface area contributed by atoms with E-state index in [2.05, 4.69) is 62.9 Å². The van der Waals surface area contributed by atoms with Crippen molar-refractivity contribution in [2.45, 2.75) is 32.9 Å². The number of ether oxygens (including phenoxy) is 1. The van der Waals surface area contributed by atoms with Crippen LogP contribution in [0, 0.1) is 5.92 Å². The lowest BCUT2D eigenvalue weighted by molar-refractivity contribution is 0.0529. The first-order valence-electron chi connectivity index (χ1n) is 9.92. The van der Waals surface area contributed by atoms with Crippen LogP contribution in [0.15, 0.2) is 40.8 Å². The number of nitrogens with zero attached hydrogens (tertiary/aromatic N) is 3. The summed E-state index contributed by atoms with van der Waals surface area (Å²) in [6, 6.07) is 8.51. The van der Waals surface area contributed by atoms with E-state index < -0.39 is 0 Å². The summed E-state index contributed by atoms with van der Waals surface area (Å²) in [5.74, 6) is 2.39. The molecule has 1 aliphatic rings. The standard InChI is InChI=1S/C21H31N5OS.HI/c1-16(11-19-5-4-10-28-19)13-24-21(22-3)25-14-18-6-7-23-20(12-18)26-8-9-27-17(2)15-26;/h4-7,10,12,16-17H,8-9,11,13-15H2,1-3H3,(H2,22,24,25);1H. The topological polar surface area (TPSA) is 61.8 Å². The first-order chi connectivity index (χ1) is 13.6. The van der Waals surface area contributed by atoms with E-state index in [4.69, 9.17) is 4.74 Å². The van der Waals surface area contributed by atoms with Crippen molar-refractivity contribution < 1.29 is 4.74 Å². The van der Waals surface area contributed by atoms with Crippen molar-refractivity contribution in [2.24, 2.45) is 10.9 Å².